The zero-order chi connectivity index (χ0) is 27.2. The molecule has 2 aliphatic heterocycles. The van der Waals surface area contributed by atoms with Gasteiger partial charge in [-0.05, 0) is 29.8 Å². The number of halogens is 5. The minimum absolute atomic E-state index is 0.0994. The zero-order valence-corrected chi connectivity index (χ0v) is 20.7. The van der Waals surface area contributed by atoms with E-state index in [1.54, 1.807) is 11.0 Å². The van der Waals surface area contributed by atoms with Gasteiger partial charge in [0.15, 0.2) is 6.10 Å². The molecule has 0 amide bonds. The third-order valence-electron chi connectivity index (χ3n) is 6.16. The maximum absolute atomic E-state index is 14.0. The van der Waals surface area contributed by atoms with Gasteiger partial charge in [0.05, 0.1) is 17.9 Å². The molecule has 4 rings (SSSR count). The summed E-state index contributed by atoms with van der Waals surface area (Å²) in [6.45, 7) is 12.7. The number of anilines is 3. The summed E-state index contributed by atoms with van der Waals surface area (Å²) in [6, 6.07) is 6.09. The Kier molecular flexibility index (Phi) is 9.53. The number of nitrogens with zero attached hydrogens (tertiary/aromatic N) is 4. The lowest BCUT2D eigenvalue weighted by Gasteiger charge is -2.30. The van der Waals surface area contributed by atoms with Crippen LogP contribution in [0.25, 0.3) is 4.85 Å². The molecule has 0 spiro atoms. The molecular formula is C25H31F5N6O. The van der Waals surface area contributed by atoms with Crippen LogP contribution < -0.4 is 25.3 Å². The summed E-state index contributed by atoms with van der Waals surface area (Å²) < 4.78 is 65.1. The van der Waals surface area contributed by atoms with Gasteiger partial charge in [0.1, 0.15) is 11.6 Å². The molecule has 3 N–H and O–H groups in total. The molecule has 0 saturated carbocycles. The van der Waals surface area contributed by atoms with Crippen molar-refractivity contribution in [2.24, 2.45) is 0 Å². The van der Waals surface area contributed by atoms with E-state index in [0.717, 1.165) is 50.1 Å². The van der Waals surface area contributed by atoms with Crippen LogP contribution >= 0.6 is 0 Å². The number of piperazine rings is 2. The van der Waals surface area contributed by atoms with E-state index in [0.29, 0.717) is 37.6 Å². The van der Waals surface area contributed by atoms with Gasteiger partial charge in [0, 0.05) is 72.1 Å². The van der Waals surface area contributed by atoms with Crippen molar-refractivity contribution in [2.45, 2.75) is 12.3 Å². The summed E-state index contributed by atoms with van der Waals surface area (Å²) in [5, 5.41) is 15.5. The van der Waals surface area contributed by atoms with Gasteiger partial charge in [-0.15, -0.1) is 0 Å². The van der Waals surface area contributed by atoms with Crippen molar-refractivity contribution in [3.8, 4) is 0 Å². The van der Waals surface area contributed by atoms with Crippen LogP contribution in [0.2, 0.25) is 0 Å². The molecule has 0 radical (unpaired) electrons. The lowest BCUT2D eigenvalue weighted by Crippen LogP contribution is -2.44. The Hall–Kier alpha value is -3.14. The van der Waals surface area contributed by atoms with E-state index < -0.39 is 18.1 Å². The van der Waals surface area contributed by atoms with Crippen LogP contribution in [-0.4, -0.2) is 77.7 Å². The molecule has 12 heteroatoms. The predicted molar refractivity (Wildman–Crippen MR) is 135 cm³/mol. The fourth-order valence-corrected chi connectivity index (χ4v) is 4.17. The summed E-state index contributed by atoms with van der Waals surface area (Å²) in [6.07, 6.45) is -7.34. The second-order valence-electron chi connectivity index (χ2n) is 8.93. The SMILES string of the molecule is OC(c1ccc(F)c(N2CCNCC2)c1)C(F)(F)F.[C-]#[N+]c1cc(F)c(N2CCNCC2)cc1N(C)C. The molecule has 1 unspecified atom stereocenters. The highest BCUT2D eigenvalue weighted by atomic mass is 19.4. The van der Waals surface area contributed by atoms with E-state index in [4.69, 9.17) is 6.57 Å². The van der Waals surface area contributed by atoms with E-state index >= 15 is 0 Å². The molecule has 2 saturated heterocycles. The second-order valence-corrected chi connectivity index (χ2v) is 8.93. The van der Waals surface area contributed by atoms with Crippen molar-refractivity contribution in [3.63, 3.8) is 0 Å². The van der Waals surface area contributed by atoms with Crippen LogP contribution in [0.3, 0.4) is 0 Å². The molecular weight excluding hydrogens is 495 g/mol. The highest BCUT2D eigenvalue weighted by Gasteiger charge is 2.39. The van der Waals surface area contributed by atoms with Gasteiger partial charge < -0.3 is 30.4 Å². The Bertz CT molecular complexity index is 1090. The van der Waals surface area contributed by atoms with Crippen molar-refractivity contribution >= 4 is 22.7 Å². The molecule has 2 fully saturated rings. The predicted octanol–water partition coefficient (Wildman–Crippen LogP) is 3.68. The van der Waals surface area contributed by atoms with Gasteiger partial charge in [-0.25, -0.2) is 13.6 Å². The number of alkyl halides is 3. The molecule has 1 atom stereocenters. The second kappa shape index (κ2) is 12.4. The first-order valence-corrected chi connectivity index (χ1v) is 11.9. The largest absolute Gasteiger partial charge is 0.418 e. The van der Waals surface area contributed by atoms with Crippen LogP contribution in [0.4, 0.5) is 44.7 Å². The first-order chi connectivity index (χ1) is 17.5. The van der Waals surface area contributed by atoms with Gasteiger partial charge in [-0.2, -0.15) is 13.2 Å². The Morgan fingerprint density at radius 1 is 0.892 bits per heavy atom. The molecule has 0 aromatic heterocycles. The molecule has 37 heavy (non-hydrogen) atoms. The lowest BCUT2D eigenvalue weighted by atomic mass is 10.1. The average Bonchev–Trinajstić information content (AvgIpc) is 2.89. The van der Waals surface area contributed by atoms with Crippen LogP contribution in [0.15, 0.2) is 30.3 Å². The normalized spacial score (nSPS) is 16.9. The number of benzene rings is 2. The summed E-state index contributed by atoms with van der Waals surface area (Å²) in [5.74, 6) is -0.895. The summed E-state index contributed by atoms with van der Waals surface area (Å²) in [7, 11) is 3.73. The summed E-state index contributed by atoms with van der Waals surface area (Å²) in [5.41, 5.74) is 1.47. The van der Waals surface area contributed by atoms with E-state index in [2.05, 4.69) is 15.5 Å². The zero-order valence-electron chi connectivity index (χ0n) is 20.7. The standard InChI is InChI=1S/C13H17FN4.C12H14F4N2O/c1-15-11-8-10(14)12(9-13(11)17(2)3)18-6-4-16-5-7-18;13-9-2-1-8(11(19)12(14,15)16)7-10(9)18-5-3-17-4-6-18/h8-9,16H,4-7H2,2-3H3;1-2,7,11,17,19H,3-6H2. The van der Waals surface area contributed by atoms with Gasteiger partial charge in [-0.3, -0.25) is 0 Å². The highest BCUT2D eigenvalue weighted by Crippen LogP contribution is 2.36. The molecule has 2 heterocycles. The van der Waals surface area contributed by atoms with Gasteiger partial charge >= 0.3 is 6.18 Å². The van der Waals surface area contributed by atoms with Crippen LogP contribution in [0.1, 0.15) is 11.7 Å². The van der Waals surface area contributed by atoms with Crippen molar-refractivity contribution in [3.05, 3.63) is 58.9 Å². The van der Waals surface area contributed by atoms with Crippen LogP contribution in [0, 0.1) is 18.2 Å². The monoisotopic (exact) mass is 526 g/mol. The number of aliphatic hydroxyl groups is 1. The number of hydrogen-bond acceptors (Lipinski definition) is 6. The smallest absolute Gasteiger partial charge is 0.386 e. The maximum Gasteiger partial charge on any atom is 0.418 e. The Morgan fingerprint density at radius 2 is 1.41 bits per heavy atom. The first kappa shape index (κ1) is 28.4. The quantitative estimate of drug-likeness (QED) is 0.418. The summed E-state index contributed by atoms with van der Waals surface area (Å²) in [4.78, 5) is 8.91. The highest BCUT2D eigenvalue weighted by molar-refractivity contribution is 5.76. The lowest BCUT2D eigenvalue weighted by molar-refractivity contribution is -0.206. The Labute approximate surface area is 213 Å². The topological polar surface area (TPSA) is 58.4 Å². The number of nitrogens with one attached hydrogen (secondary N) is 2. The molecule has 7 nitrogen and oxygen atoms in total. The molecule has 0 bridgehead atoms. The molecule has 2 aromatic rings. The molecule has 202 valence electrons. The minimum Gasteiger partial charge on any atom is -0.386 e. The number of rotatable bonds is 4. The number of aliphatic hydroxyl groups excluding tert-OH is 1. The molecule has 2 aromatic carbocycles. The fourth-order valence-electron chi connectivity index (χ4n) is 4.17. The third kappa shape index (κ3) is 7.21. The van der Waals surface area contributed by atoms with E-state index in [9.17, 15) is 27.1 Å². The Morgan fingerprint density at radius 3 is 1.86 bits per heavy atom. The maximum atomic E-state index is 14.0. The first-order valence-electron chi connectivity index (χ1n) is 11.9. The minimum atomic E-state index is -4.75. The van der Waals surface area contributed by atoms with Gasteiger partial charge in [0.25, 0.3) is 0 Å². The average molecular weight is 527 g/mol. The van der Waals surface area contributed by atoms with E-state index in [-0.39, 0.29) is 17.1 Å². The van der Waals surface area contributed by atoms with Crippen LogP contribution in [-0.2, 0) is 0 Å². The van der Waals surface area contributed by atoms with Crippen LogP contribution in [0.5, 0.6) is 0 Å². The molecule has 2 aliphatic rings. The van der Waals surface area contributed by atoms with E-state index in [1.807, 2.05) is 23.9 Å². The van der Waals surface area contributed by atoms with Gasteiger partial charge in [0.2, 0.25) is 5.69 Å². The van der Waals surface area contributed by atoms with Crippen molar-refractivity contribution in [2.75, 3.05) is 81.2 Å². The van der Waals surface area contributed by atoms with E-state index in [1.165, 1.54) is 6.07 Å². The van der Waals surface area contributed by atoms with Gasteiger partial charge in [-0.1, -0.05) is 6.07 Å². The molecule has 0 aliphatic carbocycles. The van der Waals surface area contributed by atoms with Crippen molar-refractivity contribution in [1.82, 2.24) is 10.6 Å². The fraction of sp³-hybridized carbons (Fsp3) is 0.480. The summed E-state index contributed by atoms with van der Waals surface area (Å²) >= 11 is 0. The van der Waals surface area contributed by atoms with Crippen molar-refractivity contribution < 1.29 is 27.1 Å². The third-order valence-corrected chi connectivity index (χ3v) is 6.16. The number of hydrogen-bond donors (Lipinski definition) is 3. The Balaban J connectivity index is 0.000000206. The van der Waals surface area contributed by atoms with Crippen molar-refractivity contribution in [1.29, 1.82) is 0 Å².